The summed E-state index contributed by atoms with van der Waals surface area (Å²) in [4.78, 5) is 0. The van der Waals surface area contributed by atoms with E-state index in [9.17, 15) is 0 Å². The van der Waals surface area contributed by atoms with E-state index in [-0.39, 0.29) is 11.3 Å². The van der Waals surface area contributed by atoms with Gasteiger partial charge in [-0.05, 0) is 35.4 Å². The number of hydrogen-bond donors (Lipinski definition) is 2. The van der Waals surface area contributed by atoms with Crippen LogP contribution in [0.25, 0.3) is 11.1 Å². The van der Waals surface area contributed by atoms with Crippen LogP contribution in [0.2, 0.25) is 0 Å². The topological polar surface area (TPSA) is 68.3 Å². The van der Waals surface area contributed by atoms with Crippen molar-refractivity contribution in [3.05, 3.63) is 119 Å². The van der Waals surface area contributed by atoms with Gasteiger partial charge >= 0.3 is 0 Å². The van der Waals surface area contributed by atoms with Crippen molar-refractivity contribution in [3.8, 4) is 22.6 Å². The summed E-state index contributed by atoms with van der Waals surface area (Å²) in [6.07, 6.45) is -0.678. The van der Waals surface area contributed by atoms with E-state index in [0.29, 0.717) is 5.56 Å². The Bertz CT molecular complexity index is 1310. The van der Waals surface area contributed by atoms with Crippen molar-refractivity contribution >= 4 is 5.90 Å². The highest BCUT2D eigenvalue weighted by Crippen LogP contribution is 2.48. The molecule has 0 bridgehead atoms. The van der Waals surface area contributed by atoms with Gasteiger partial charge in [0.05, 0.1) is 0 Å². The molecule has 0 aromatic heterocycles. The van der Waals surface area contributed by atoms with E-state index in [1.165, 1.54) is 11.1 Å². The van der Waals surface area contributed by atoms with Crippen LogP contribution in [0.1, 0.15) is 42.3 Å². The van der Waals surface area contributed by atoms with Gasteiger partial charge in [0.1, 0.15) is 11.5 Å². The fourth-order valence-electron chi connectivity index (χ4n) is 4.36. The SMILES string of the molecule is CC1(C)c2ccccc2Oc2cc(-c3ccc(C(=N)OC(N)c4ccccc4)cc3)ccc21. The molecule has 0 fully saturated rings. The first-order chi connectivity index (χ1) is 15.9. The molecule has 0 saturated carbocycles. The van der Waals surface area contributed by atoms with Crippen molar-refractivity contribution in [1.82, 2.24) is 0 Å². The minimum Gasteiger partial charge on any atom is -0.457 e. The summed E-state index contributed by atoms with van der Waals surface area (Å²) >= 11 is 0. The molecule has 0 aliphatic carbocycles. The Balaban J connectivity index is 1.37. The molecule has 0 saturated heterocycles. The van der Waals surface area contributed by atoms with E-state index < -0.39 is 6.23 Å². The van der Waals surface area contributed by atoms with E-state index in [2.05, 4.69) is 44.2 Å². The van der Waals surface area contributed by atoms with Crippen LogP contribution >= 0.6 is 0 Å². The molecule has 1 heterocycles. The normalized spacial score (nSPS) is 14.4. The average Bonchev–Trinajstić information content (AvgIpc) is 2.84. The number of hydrogen-bond acceptors (Lipinski definition) is 4. The third-order valence-corrected chi connectivity index (χ3v) is 6.29. The number of nitrogens with two attached hydrogens (primary N) is 1. The summed E-state index contributed by atoms with van der Waals surface area (Å²) in [5.41, 5.74) is 11.9. The molecule has 0 amide bonds. The van der Waals surface area contributed by atoms with E-state index >= 15 is 0 Å². The molecule has 4 nitrogen and oxygen atoms in total. The lowest BCUT2D eigenvalue weighted by Crippen LogP contribution is -2.24. The van der Waals surface area contributed by atoms with Gasteiger partial charge in [-0.15, -0.1) is 0 Å². The minimum atomic E-state index is -0.678. The second kappa shape index (κ2) is 8.23. The largest absolute Gasteiger partial charge is 0.457 e. The van der Waals surface area contributed by atoms with Gasteiger partial charge in [0.2, 0.25) is 5.90 Å². The van der Waals surface area contributed by atoms with Crippen molar-refractivity contribution in [2.24, 2.45) is 5.73 Å². The molecule has 3 N–H and O–H groups in total. The fraction of sp³-hybridized carbons (Fsp3) is 0.138. The summed E-state index contributed by atoms with van der Waals surface area (Å²) in [7, 11) is 0. The van der Waals surface area contributed by atoms with E-state index in [4.69, 9.17) is 20.6 Å². The van der Waals surface area contributed by atoms with Gasteiger partial charge in [-0.2, -0.15) is 0 Å². The second-order valence-electron chi connectivity index (χ2n) is 8.79. The number of fused-ring (bicyclic) bond motifs is 2. The number of nitrogens with one attached hydrogen (secondary N) is 1. The Hall–Kier alpha value is -3.89. The van der Waals surface area contributed by atoms with Crippen molar-refractivity contribution in [2.75, 3.05) is 0 Å². The molecule has 0 spiro atoms. The zero-order valence-corrected chi connectivity index (χ0v) is 18.7. The third-order valence-electron chi connectivity index (χ3n) is 6.29. The molecule has 1 atom stereocenters. The van der Waals surface area contributed by atoms with Crippen molar-refractivity contribution < 1.29 is 9.47 Å². The standard InChI is InChI=1S/C29H26N2O2/c1-29(2)23-10-6-7-11-25(23)32-26-18-22(16-17-24(26)29)19-12-14-21(15-13-19)28(31)33-27(30)20-8-4-3-5-9-20/h3-18,27,31H,30H2,1-2H3. The van der Waals surface area contributed by atoms with Gasteiger partial charge in [0.25, 0.3) is 0 Å². The Morgan fingerprint density at radius 2 is 1.42 bits per heavy atom. The van der Waals surface area contributed by atoms with Crippen molar-refractivity contribution in [2.45, 2.75) is 25.5 Å². The number of ether oxygens (including phenoxy) is 2. The summed E-state index contributed by atoms with van der Waals surface area (Å²) in [5, 5.41) is 8.30. The lowest BCUT2D eigenvalue weighted by atomic mass is 9.75. The molecular weight excluding hydrogens is 408 g/mol. The highest BCUT2D eigenvalue weighted by atomic mass is 16.5. The number of rotatable bonds is 4. The van der Waals surface area contributed by atoms with Gasteiger partial charge in [0, 0.05) is 27.7 Å². The van der Waals surface area contributed by atoms with Crippen LogP contribution in [-0.4, -0.2) is 5.90 Å². The minimum absolute atomic E-state index is 0.0463. The van der Waals surface area contributed by atoms with E-state index in [1.54, 1.807) is 0 Å². The lowest BCUT2D eigenvalue weighted by Gasteiger charge is -2.34. The molecule has 4 heteroatoms. The summed E-state index contributed by atoms with van der Waals surface area (Å²) in [6, 6.07) is 31.8. The molecule has 5 rings (SSSR count). The van der Waals surface area contributed by atoms with Crippen LogP contribution in [-0.2, 0) is 10.2 Å². The molecule has 164 valence electrons. The van der Waals surface area contributed by atoms with Gasteiger partial charge in [-0.3, -0.25) is 11.1 Å². The Labute approximate surface area is 194 Å². The van der Waals surface area contributed by atoms with E-state index in [0.717, 1.165) is 28.2 Å². The van der Waals surface area contributed by atoms with Crippen molar-refractivity contribution in [1.29, 1.82) is 5.41 Å². The maximum absolute atomic E-state index is 8.30. The molecule has 1 unspecified atom stereocenters. The monoisotopic (exact) mass is 434 g/mol. The quantitative estimate of drug-likeness (QED) is 0.211. The molecule has 0 radical (unpaired) electrons. The molecule has 1 aliphatic heterocycles. The van der Waals surface area contributed by atoms with Crippen LogP contribution in [0.3, 0.4) is 0 Å². The van der Waals surface area contributed by atoms with E-state index in [1.807, 2.05) is 66.7 Å². The predicted octanol–water partition coefficient (Wildman–Crippen LogP) is 6.78. The first-order valence-corrected chi connectivity index (χ1v) is 11.0. The smallest absolute Gasteiger partial charge is 0.215 e. The number of para-hydroxylation sites is 1. The zero-order chi connectivity index (χ0) is 23.0. The lowest BCUT2D eigenvalue weighted by molar-refractivity contribution is 0.199. The summed E-state index contributed by atoms with van der Waals surface area (Å²) < 4.78 is 11.9. The van der Waals surface area contributed by atoms with Crippen LogP contribution < -0.4 is 10.5 Å². The first kappa shape index (κ1) is 21.0. The molecular formula is C29H26N2O2. The maximum atomic E-state index is 8.30. The van der Waals surface area contributed by atoms with Gasteiger partial charge in [-0.25, -0.2) is 0 Å². The summed E-state index contributed by atoms with van der Waals surface area (Å²) in [5.74, 6) is 1.83. The Morgan fingerprint density at radius 1 is 0.788 bits per heavy atom. The predicted molar refractivity (Wildman–Crippen MR) is 132 cm³/mol. The molecule has 33 heavy (non-hydrogen) atoms. The van der Waals surface area contributed by atoms with Crippen LogP contribution in [0.4, 0.5) is 0 Å². The average molecular weight is 435 g/mol. The molecule has 1 aliphatic rings. The highest BCUT2D eigenvalue weighted by molar-refractivity contribution is 5.92. The van der Waals surface area contributed by atoms with Crippen molar-refractivity contribution in [3.63, 3.8) is 0 Å². The molecule has 4 aromatic rings. The first-order valence-electron chi connectivity index (χ1n) is 11.0. The highest BCUT2D eigenvalue weighted by Gasteiger charge is 2.33. The Kier molecular flexibility index (Phi) is 5.23. The third kappa shape index (κ3) is 3.90. The van der Waals surface area contributed by atoms with Crippen LogP contribution in [0.5, 0.6) is 11.5 Å². The molecule has 4 aromatic carbocycles. The van der Waals surface area contributed by atoms with Crippen LogP contribution in [0.15, 0.2) is 97.1 Å². The summed E-state index contributed by atoms with van der Waals surface area (Å²) in [6.45, 7) is 4.46. The second-order valence-corrected chi connectivity index (χ2v) is 8.79. The maximum Gasteiger partial charge on any atom is 0.215 e. The zero-order valence-electron chi connectivity index (χ0n) is 18.7. The van der Waals surface area contributed by atoms with Gasteiger partial charge in [0.15, 0.2) is 6.23 Å². The fourth-order valence-corrected chi connectivity index (χ4v) is 4.36. The van der Waals surface area contributed by atoms with Crippen LogP contribution in [0, 0.1) is 5.41 Å². The van der Waals surface area contributed by atoms with Gasteiger partial charge < -0.3 is 9.47 Å². The van der Waals surface area contributed by atoms with Gasteiger partial charge in [-0.1, -0.05) is 86.6 Å². The number of benzene rings is 4. The Morgan fingerprint density at radius 3 is 2.18 bits per heavy atom.